The summed E-state index contributed by atoms with van der Waals surface area (Å²) < 4.78 is 40.1. The van der Waals surface area contributed by atoms with Crippen LogP contribution < -0.4 is 15.4 Å². The molecule has 5 rings (SSSR count). The Morgan fingerprint density at radius 2 is 1.95 bits per heavy atom. The van der Waals surface area contributed by atoms with Gasteiger partial charge in [-0.05, 0) is 30.7 Å². The van der Waals surface area contributed by atoms with E-state index >= 15 is 0 Å². The number of sulfonamides is 1. The number of ether oxygens (including phenoxy) is 2. The number of rotatable bonds is 8. The maximum Gasteiger partial charge on any atom is 0.326 e. The van der Waals surface area contributed by atoms with E-state index in [0.29, 0.717) is 10.6 Å². The summed E-state index contributed by atoms with van der Waals surface area (Å²) in [6.45, 7) is 0.453. The highest BCUT2D eigenvalue weighted by Crippen LogP contribution is 2.43. The van der Waals surface area contributed by atoms with Crippen molar-refractivity contribution in [2.45, 2.75) is 17.4 Å². The third kappa shape index (κ3) is 5.30. The van der Waals surface area contributed by atoms with Crippen molar-refractivity contribution in [1.82, 2.24) is 9.29 Å². The van der Waals surface area contributed by atoms with Gasteiger partial charge in [-0.2, -0.15) is 4.31 Å². The Morgan fingerprint density at radius 1 is 1.21 bits per heavy atom. The van der Waals surface area contributed by atoms with E-state index in [2.05, 4.69) is 4.98 Å². The number of hydrogen-bond acceptors (Lipinski definition) is 7. The van der Waals surface area contributed by atoms with Crippen LogP contribution in [0.5, 0.6) is 5.75 Å². The van der Waals surface area contributed by atoms with Crippen molar-refractivity contribution in [3.05, 3.63) is 53.7 Å². The number of carbonyl (C=O) groups excluding carboxylic acids is 2. The normalized spacial score (nSPS) is 21.4. The number of benzene rings is 2. The average Bonchev–Trinajstić information content (AvgIpc) is 3.60. The van der Waals surface area contributed by atoms with E-state index in [1.54, 1.807) is 12.1 Å². The van der Waals surface area contributed by atoms with Gasteiger partial charge < -0.3 is 25.3 Å². The van der Waals surface area contributed by atoms with Crippen LogP contribution in [0.4, 0.5) is 10.5 Å². The van der Waals surface area contributed by atoms with Gasteiger partial charge in [-0.3, -0.25) is 9.59 Å². The molecule has 2 aromatic carbocycles. The number of carboxylic acids is 1. The number of fused-ring (bicyclic) bond motifs is 1. The maximum absolute atomic E-state index is 13.7. The second-order valence-electron chi connectivity index (χ2n) is 9.28. The first kappa shape index (κ1) is 26.9. The summed E-state index contributed by atoms with van der Waals surface area (Å²) in [4.78, 5) is 40.0. The zero-order valence-electron chi connectivity index (χ0n) is 20.4. The van der Waals surface area contributed by atoms with Crippen molar-refractivity contribution in [3.8, 4) is 5.75 Å². The number of H-pyrrole nitrogens is 1. The molecule has 12 nitrogen and oxygen atoms in total. The monoisotopic (exact) mass is 576 g/mol. The number of urea groups is 1. The van der Waals surface area contributed by atoms with Crippen molar-refractivity contribution >= 4 is 56.1 Å². The molecule has 0 radical (unpaired) electrons. The highest BCUT2D eigenvalue weighted by atomic mass is 35.5. The number of aliphatic carboxylic acids is 1. The molecule has 2 aliphatic rings. The largest absolute Gasteiger partial charge is 0.491 e. The Hall–Kier alpha value is -3.65. The lowest BCUT2D eigenvalue weighted by molar-refractivity contribution is -0.139. The van der Waals surface area contributed by atoms with Gasteiger partial charge in [0.25, 0.3) is 0 Å². The topological polar surface area (TPSA) is 172 Å². The minimum atomic E-state index is -4.07. The molecule has 2 heterocycles. The van der Waals surface area contributed by atoms with E-state index < -0.39 is 45.9 Å². The predicted octanol–water partition coefficient (Wildman–Crippen LogP) is 2.42. The van der Waals surface area contributed by atoms with E-state index in [9.17, 15) is 27.9 Å². The van der Waals surface area contributed by atoms with Gasteiger partial charge in [-0.15, -0.1) is 0 Å². The number of amides is 3. The molecule has 3 aromatic rings. The number of nitrogens with two attached hydrogens (primary N) is 1. The number of anilines is 1. The molecule has 0 bridgehead atoms. The van der Waals surface area contributed by atoms with Crippen LogP contribution in [0, 0.1) is 11.8 Å². The number of nitrogens with one attached hydrogen (secondary N) is 1. The van der Waals surface area contributed by atoms with E-state index in [0.717, 1.165) is 0 Å². The van der Waals surface area contributed by atoms with Gasteiger partial charge in [0, 0.05) is 29.7 Å². The molecular formula is C25H25ClN4O8S. The van der Waals surface area contributed by atoms with Gasteiger partial charge in [0.1, 0.15) is 23.4 Å². The summed E-state index contributed by atoms with van der Waals surface area (Å²) in [6, 6.07) is 10.6. The molecular weight excluding hydrogens is 552 g/mol. The van der Waals surface area contributed by atoms with Gasteiger partial charge in [-0.1, -0.05) is 29.8 Å². The Bertz CT molecular complexity index is 1540. The zero-order chi connectivity index (χ0) is 27.9. The van der Waals surface area contributed by atoms with Gasteiger partial charge >= 0.3 is 12.0 Å². The number of para-hydroxylation sites is 1. The van der Waals surface area contributed by atoms with E-state index in [1.165, 1.54) is 22.6 Å². The smallest absolute Gasteiger partial charge is 0.326 e. The lowest BCUT2D eigenvalue weighted by Crippen LogP contribution is -2.47. The maximum atomic E-state index is 13.7. The standard InChI is InChI=1S/C25H25ClN4O8S/c26-14-8-19-21(39(35,36)29-6-7-37-16(12-29)13-38-15-4-2-1-3-5-15)11-28-22(19)20(9-14)30(25(27)34)23(31)17-10-18(17)24(32)33/h1-5,8-9,11,16-18,28H,6-7,10,12-13H2,(H2,27,34)(H,32,33). The van der Waals surface area contributed by atoms with Crippen molar-refractivity contribution in [2.24, 2.45) is 17.6 Å². The SMILES string of the molecule is NC(=O)N(C(=O)C1CC1C(=O)O)c1cc(Cl)cc2c(S(=O)(=O)N3CCOC(COc4ccccc4)C3)c[nH]c12. The fourth-order valence-corrected chi connectivity index (χ4v) is 6.47. The average molecular weight is 577 g/mol. The van der Waals surface area contributed by atoms with E-state index in [-0.39, 0.29) is 59.2 Å². The molecule has 3 atom stereocenters. The molecule has 39 heavy (non-hydrogen) atoms. The second kappa shape index (κ2) is 10.5. The van der Waals surface area contributed by atoms with Crippen molar-refractivity contribution in [3.63, 3.8) is 0 Å². The lowest BCUT2D eigenvalue weighted by atomic mass is 10.2. The molecule has 3 amide bonds. The Morgan fingerprint density at radius 3 is 2.62 bits per heavy atom. The first-order valence-corrected chi connectivity index (χ1v) is 13.9. The first-order chi connectivity index (χ1) is 18.6. The van der Waals surface area contributed by atoms with Crippen LogP contribution in [0.2, 0.25) is 5.02 Å². The predicted molar refractivity (Wildman–Crippen MR) is 140 cm³/mol. The van der Waals surface area contributed by atoms with Gasteiger partial charge in [0.2, 0.25) is 15.9 Å². The van der Waals surface area contributed by atoms with Crippen molar-refractivity contribution < 1.29 is 37.4 Å². The number of aromatic amines is 1. The molecule has 0 spiro atoms. The number of carboxylic acid groups (broad SMARTS) is 1. The summed E-state index contributed by atoms with van der Waals surface area (Å²) in [5.41, 5.74) is 5.57. The van der Waals surface area contributed by atoms with Crippen molar-refractivity contribution in [1.29, 1.82) is 0 Å². The zero-order valence-corrected chi connectivity index (χ0v) is 22.0. The number of imide groups is 1. The van der Waals surface area contributed by atoms with Crippen LogP contribution in [0.3, 0.4) is 0 Å². The minimum Gasteiger partial charge on any atom is -0.491 e. The summed E-state index contributed by atoms with van der Waals surface area (Å²) in [7, 11) is -4.07. The fourth-order valence-electron chi connectivity index (χ4n) is 4.65. The Kier molecular flexibility index (Phi) is 7.25. The van der Waals surface area contributed by atoms with Crippen LogP contribution in [0.15, 0.2) is 53.6 Å². The number of morpholine rings is 1. The lowest BCUT2D eigenvalue weighted by Gasteiger charge is -2.31. The number of carbonyl (C=O) groups is 3. The van der Waals surface area contributed by atoms with E-state index in [4.69, 9.17) is 26.8 Å². The van der Waals surface area contributed by atoms with Gasteiger partial charge in [0.05, 0.1) is 29.6 Å². The molecule has 1 aliphatic carbocycles. The molecule has 4 N–H and O–H groups in total. The molecule has 14 heteroatoms. The fraction of sp³-hybridized carbons (Fsp3) is 0.320. The number of aromatic nitrogens is 1. The molecule has 1 saturated carbocycles. The van der Waals surface area contributed by atoms with Crippen LogP contribution >= 0.6 is 11.6 Å². The van der Waals surface area contributed by atoms with Crippen LogP contribution in [-0.4, -0.2) is 73.1 Å². The summed E-state index contributed by atoms with van der Waals surface area (Å²) in [6.07, 6.45) is 0.811. The summed E-state index contributed by atoms with van der Waals surface area (Å²) in [5.74, 6) is -3.17. The number of nitrogens with zero attached hydrogens (tertiary/aromatic N) is 2. The van der Waals surface area contributed by atoms with E-state index in [1.807, 2.05) is 18.2 Å². The summed E-state index contributed by atoms with van der Waals surface area (Å²) in [5, 5.41) is 9.40. The third-order valence-corrected chi connectivity index (χ3v) is 8.82. The molecule has 1 aromatic heterocycles. The van der Waals surface area contributed by atoms with Crippen LogP contribution in [-0.2, 0) is 24.3 Å². The van der Waals surface area contributed by atoms with Crippen molar-refractivity contribution in [2.75, 3.05) is 31.2 Å². The quantitative estimate of drug-likeness (QED) is 0.367. The van der Waals surface area contributed by atoms with Crippen LogP contribution in [0.1, 0.15) is 6.42 Å². The Balaban J connectivity index is 1.43. The summed E-state index contributed by atoms with van der Waals surface area (Å²) >= 11 is 6.30. The molecule has 1 aliphatic heterocycles. The third-order valence-electron chi connectivity index (χ3n) is 6.70. The molecule has 2 fully saturated rings. The molecule has 3 unspecified atom stereocenters. The molecule has 1 saturated heterocycles. The number of primary amides is 1. The van der Waals surface area contributed by atoms with Gasteiger partial charge in [-0.25, -0.2) is 18.1 Å². The molecule has 206 valence electrons. The highest BCUT2D eigenvalue weighted by molar-refractivity contribution is 7.89. The number of hydrogen-bond donors (Lipinski definition) is 3. The first-order valence-electron chi connectivity index (χ1n) is 12.0. The highest BCUT2D eigenvalue weighted by Gasteiger charge is 2.51. The second-order valence-corrected chi connectivity index (χ2v) is 11.6. The van der Waals surface area contributed by atoms with Crippen LogP contribution in [0.25, 0.3) is 10.9 Å². The number of halogens is 1. The Labute approximate surface area is 228 Å². The van der Waals surface area contributed by atoms with Gasteiger partial charge in [0.15, 0.2) is 0 Å². The minimum absolute atomic E-state index is 0.0411.